The Morgan fingerprint density at radius 1 is 1.29 bits per heavy atom. The molecule has 0 radical (unpaired) electrons. The van der Waals surface area contributed by atoms with Crippen LogP contribution < -0.4 is 4.74 Å². The molecule has 0 aliphatic carbocycles. The summed E-state index contributed by atoms with van der Waals surface area (Å²) in [5.74, 6) is 0.577. The summed E-state index contributed by atoms with van der Waals surface area (Å²) in [6.45, 7) is 0. The predicted molar refractivity (Wildman–Crippen MR) is 48.7 cm³/mol. The van der Waals surface area contributed by atoms with Crippen molar-refractivity contribution in [2.45, 2.75) is 0 Å². The van der Waals surface area contributed by atoms with Gasteiger partial charge in [0.15, 0.2) is 0 Å². The third-order valence-electron chi connectivity index (χ3n) is 1.76. The molecule has 0 saturated carbocycles. The molecule has 0 aromatic carbocycles. The molecule has 74 valence electrons. The monoisotopic (exact) mass is 194 g/mol. The number of hydroxylamine groups is 2. The zero-order valence-corrected chi connectivity index (χ0v) is 7.93. The van der Waals surface area contributed by atoms with E-state index in [1.54, 1.807) is 19.4 Å². The lowest BCUT2D eigenvalue weighted by Crippen LogP contribution is -2.00. The Balaban J connectivity index is 2.07. The molecule has 0 atom stereocenters. The summed E-state index contributed by atoms with van der Waals surface area (Å²) in [5.41, 5.74) is 1.66. The Bertz CT molecular complexity index is 365. The zero-order chi connectivity index (χ0) is 9.97. The molecule has 1 aliphatic rings. The first-order chi connectivity index (χ1) is 6.85. The van der Waals surface area contributed by atoms with Crippen molar-refractivity contribution in [3.05, 3.63) is 30.1 Å². The van der Waals surface area contributed by atoms with Gasteiger partial charge in [-0.1, -0.05) is 6.07 Å². The van der Waals surface area contributed by atoms with Crippen molar-refractivity contribution >= 4 is 5.70 Å². The molecule has 5 heteroatoms. The second kappa shape index (κ2) is 3.65. The van der Waals surface area contributed by atoms with E-state index in [2.05, 4.69) is 9.87 Å². The third-order valence-corrected chi connectivity index (χ3v) is 1.76. The minimum Gasteiger partial charge on any atom is -0.481 e. The van der Waals surface area contributed by atoms with Crippen molar-refractivity contribution in [3.8, 4) is 5.88 Å². The van der Waals surface area contributed by atoms with Crippen LogP contribution in [0.3, 0.4) is 0 Å². The highest BCUT2D eigenvalue weighted by Crippen LogP contribution is 2.31. The molecular formula is C9H10N2O3. The van der Waals surface area contributed by atoms with Crippen LogP contribution in [0.5, 0.6) is 5.88 Å². The van der Waals surface area contributed by atoms with Crippen LogP contribution in [0.2, 0.25) is 0 Å². The largest absolute Gasteiger partial charge is 0.481 e. The highest BCUT2D eigenvalue weighted by atomic mass is 17.3. The normalized spacial score (nSPS) is 13.9. The number of rotatable bonds is 4. The van der Waals surface area contributed by atoms with Crippen molar-refractivity contribution in [2.75, 3.05) is 14.2 Å². The van der Waals surface area contributed by atoms with E-state index in [1.165, 1.54) is 12.2 Å². The van der Waals surface area contributed by atoms with Crippen LogP contribution in [-0.2, 0) is 9.88 Å². The number of nitrogens with zero attached hydrogens (tertiary/aromatic N) is 2. The van der Waals surface area contributed by atoms with E-state index in [1.807, 2.05) is 12.1 Å². The quantitative estimate of drug-likeness (QED) is 0.532. The summed E-state index contributed by atoms with van der Waals surface area (Å²) in [6, 6.07) is 5.52. The van der Waals surface area contributed by atoms with Gasteiger partial charge in [0.05, 0.1) is 26.1 Å². The second-order valence-corrected chi connectivity index (χ2v) is 2.65. The first kappa shape index (κ1) is 8.98. The minimum absolute atomic E-state index is 0.577. The molecule has 1 aromatic heterocycles. The Hall–Kier alpha value is -1.59. The standard InChI is InChI=1S/C9H10N2O3/c1-12-9-5-3-4-7(10-9)8-6-11(8)14-13-2/h3-6H,1-2H3. The molecule has 1 aromatic rings. The highest BCUT2D eigenvalue weighted by Gasteiger charge is 2.26. The summed E-state index contributed by atoms with van der Waals surface area (Å²) >= 11 is 0. The molecule has 5 nitrogen and oxygen atoms in total. The van der Waals surface area contributed by atoms with Crippen molar-refractivity contribution in [3.63, 3.8) is 0 Å². The van der Waals surface area contributed by atoms with Crippen molar-refractivity contribution in [1.82, 2.24) is 10.0 Å². The van der Waals surface area contributed by atoms with Gasteiger partial charge in [-0.2, -0.15) is 5.06 Å². The summed E-state index contributed by atoms with van der Waals surface area (Å²) in [7, 11) is 3.03. The summed E-state index contributed by atoms with van der Waals surface area (Å²) in [4.78, 5) is 13.5. The van der Waals surface area contributed by atoms with E-state index < -0.39 is 0 Å². The van der Waals surface area contributed by atoms with Crippen LogP contribution in [0.1, 0.15) is 5.69 Å². The molecule has 2 heterocycles. The maximum Gasteiger partial charge on any atom is 0.213 e. The van der Waals surface area contributed by atoms with E-state index >= 15 is 0 Å². The van der Waals surface area contributed by atoms with Gasteiger partial charge >= 0.3 is 0 Å². The van der Waals surface area contributed by atoms with E-state index in [4.69, 9.17) is 9.73 Å². The van der Waals surface area contributed by atoms with Gasteiger partial charge < -0.3 is 4.74 Å². The lowest BCUT2D eigenvalue weighted by Gasteiger charge is -2.03. The van der Waals surface area contributed by atoms with Crippen LogP contribution in [0.25, 0.3) is 5.70 Å². The maximum atomic E-state index is 5.00. The van der Waals surface area contributed by atoms with Crippen LogP contribution in [-0.4, -0.2) is 24.3 Å². The summed E-state index contributed by atoms with van der Waals surface area (Å²) in [6.07, 6.45) is 1.77. The first-order valence-electron chi connectivity index (χ1n) is 4.08. The fourth-order valence-corrected chi connectivity index (χ4v) is 1.07. The Morgan fingerprint density at radius 2 is 2.14 bits per heavy atom. The Kier molecular flexibility index (Phi) is 2.34. The van der Waals surface area contributed by atoms with E-state index in [0.717, 1.165) is 11.4 Å². The van der Waals surface area contributed by atoms with Crippen molar-refractivity contribution in [2.24, 2.45) is 0 Å². The van der Waals surface area contributed by atoms with Gasteiger partial charge in [0.2, 0.25) is 5.88 Å². The van der Waals surface area contributed by atoms with Crippen LogP contribution in [0, 0.1) is 0 Å². The number of hydrogen-bond donors (Lipinski definition) is 0. The lowest BCUT2D eigenvalue weighted by molar-refractivity contribution is -0.362. The fraction of sp³-hybridized carbons (Fsp3) is 0.222. The van der Waals surface area contributed by atoms with E-state index in [-0.39, 0.29) is 0 Å². The Morgan fingerprint density at radius 3 is 2.86 bits per heavy atom. The van der Waals surface area contributed by atoms with Gasteiger partial charge in [0.1, 0.15) is 5.70 Å². The average molecular weight is 194 g/mol. The SMILES string of the molecule is COON1C=C1c1cccc(OC)n1. The topological polar surface area (TPSA) is 43.6 Å². The summed E-state index contributed by atoms with van der Waals surface area (Å²) < 4.78 is 5.00. The van der Waals surface area contributed by atoms with Crippen LogP contribution >= 0.6 is 0 Å². The number of hydrogen-bond acceptors (Lipinski definition) is 5. The minimum atomic E-state index is 0.577. The first-order valence-corrected chi connectivity index (χ1v) is 4.08. The molecule has 0 amide bonds. The Labute approximate surface area is 81.4 Å². The lowest BCUT2D eigenvalue weighted by atomic mass is 10.3. The van der Waals surface area contributed by atoms with Crippen LogP contribution in [0.15, 0.2) is 24.4 Å². The van der Waals surface area contributed by atoms with E-state index in [0.29, 0.717) is 5.88 Å². The number of methoxy groups -OCH3 is 1. The van der Waals surface area contributed by atoms with Crippen LogP contribution in [0.4, 0.5) is 0 Å². The highest BCUT2D eigenvalue weighted by molar-refractivity contribution is 5.70. The second-order valence-electron chi connectivity index (χ2n) is 2.65. The molecule has 0 spiro atoms. The molecule has 0 N–H and O–H groups in total. The average Bonchev–Trinajstić information content (AvgIpc) is 2.98. The molecule has 14 heavy (non-hydrogen) atoms. The molecule has 0 fully saturated rings. The van der Waals surface area contributed by atoms with Gasteiger partial charge in [0, 0.05) is 6.07 Å². The fourth-order valence-electron chi connectivity index (χ4n) is 1.07. The van der Waals surface area contributed by atoms with Crippen molar-refractivity contribution in [1.29, 1.82) is 0 Å². The van der Waals surface area contributed by atoms with Gasteiger partial charge in [-0.3, -0.25) is 0 Å². The van der Waals surface area contributed by atoms with E-state index in [9.17, 15) is 0 Å². The smallest absolute Gasteiger partial charge is 0.213 e. The van der Waals surface area contributed by atoms with Gasteiger partial charge in [-0.25, -0.2) is 9.87 Å². The van der Waals surface area contributed by atoms with Gasteiger partial charge in [0.25, 0.3) is 0 Å². The van der Waals surface area contributed by atoms with Gasteiger partial charge in [-0.15, -0.1) is 4.99 Å². The molecule has 0 unspecified atom stereocenters. The van der Waals surface area contributed by atoms with Gasteiger partial charge in [-0.05, 0) is 6.07 Å². The molecule has 2 rings (SSSR count). The third kappa shape index (κ3) is 1.68. The number of pyridine rings is 1. The van der Waals surface area contributed by atoms with Crippen molar-refractivity contribution < 1.29 is 14.6 Å². The maximum absolute atomic E-state index is 5.00. The molecular weight excluding hydrogens is 184 g/mol. The molecule has 1 aliphatic heterocycles. The molecule has 0 bridgehead atoms. The number of aromatic nitrogens is 1. The predicted octanol–water partition coefficient (Wildman–Crippen LogP) is 1.20. The molecule has 0 saturated heterocycles. The zero-order valence-electron chi connectivity index (χ0n) is 7.93. The summed E-state index contributed by atoms with van der Waals surface area (Å²) in [5, 5.41) is 1.49. The number of ether oxygens (including phenoxy) is 1.